The second-order valence-electron chi connectivity index (χ2n) is 4.27. The summed E-state index contributed by atoms with van der Waals surface area (Å²) in [6.45, 7) is 1.92. The van der Waals surface area contributed by atoms with Crippen molar-refractivity contribution < 1.29 is 8.83 Å². The molecule has 0 amide bonds. The van der Waals surface area contributed by atoms with E-state index in [1.165, 1.54) is 0 Å². The van der Waals surface area contributed by atoms with Gasteiger partial charge in [0.15, 0.2) is 5.76 Å². The number of rotatable bonds is 3. The van der Waals surface area contributed by atoms with E-state index in [1.807, 2.05) is 43.3 Å². The highest BCUT2D eigenvalue weighted by atomic mass is 16.4. The lowest BCUT2D eigenvalue weighted by molar-refractivity contribution is 0.464. The molecular weight excluding hydrogens is 242 g/mol. The molecule has 0 saturated heterocycles. The van der Waals surface area contributed by atoms with Gasteiger partial charge in [0.05, 0.1) is 6.26 Å². The molecule has 0 bridgehead atoms. The van der Waals surface area contributed by atoms with Gasteiger partial charge in [-0.25, -0.2) is 0 Å². The molecule has 2 aromatic heterocycles. The highest BCUT2D eigenvalue weighted by Crippen LogP contribution is 2.25. The highest BCUT2D eigenvalue weighted by molar-refractivity contribution is 5.49. The lowest BCUT2D eigenvalue weighted by atomic mass is 10.1. The van der Waals surface area contributed by atoms with E-state index in [2.05, 4.69) is 10.2 Å². The maximum Gasteiger partial charge on any atom is 0.283 e. The molecule has 1 unspecified atom stereocenters. The van der Waals surface area contributed by atoms with Crippen molar-refractivity contribution in [1.29, 1.82) is 0 Å². The minimum Gasteiger partial charge on any atom is -0.459 e. The fraction of sp³-hybridized carbons (Fsp3) is 0.143. The van der Waals surface area contributed by atoms with Crippen LogP contribution in [0.15, 0.2) is 51.5 Å². The molecule has 1 aromatic carbocycles. The van der Waals surface area contributed by atoms with Crippen molar-refractivity contribution in [3.63, 3.8) is 0 Å². The molecule has 3 rings (SSSR count). The summed E-state index contributed by atoms with van der Waals surface area (Å²) in [4.78, 5) is 0. The average molecular weight is 255 g/mol. The van der Waals surface area contributed by atoms with Crippen LogP contribution in [0, 0.1) is 6.92 Å². The van der Waals surface area contributed by atoms with Crippen LogP contribution in [0.4, 0.5) is 0 Å². The Morgan fingerprint density at radius 3 is 2.58 bits per heavy atom. The molecule has 3 aromatic rings. The maximum absolute atomic E-state index is 6.09. The van der Waals surface area contributed by atoms with Gasteiger partial charge in [0.1, 0.15) is 6.04 Å². The van der Waals surface area contributed by atoms with Gasteiger partial charge in [0, 0.05) is 5.56 Å². The van der Waals surface area contributed by atoms with Gasteiger partial charge in [-0.2, -0.15) is 0 Å². The fourth-order valence-corrected chi connectivity index (χ4v) is 1.85. The third-order valence-electron chi connectivity index (χ3n) is 2.92. The zero-order valence-corrected chi connectivity index (χ0v) is 10.4. The van der Waals surface area contributed by atoms with Gasteiger partial charge < -0.3 is 14.6 Å². The number of benzene rings is 1. The topological polar surface area (TPSA) is 78.1 Å². The Kier molecular flexibility index (Phi) is 2.89. The second-order valence-corrected chi connectivity index (χ2v) is 4.27. The standard InChI is InChI=1S/C14H13N3O2/c1-9-7-8-18-12(9)14-17-16-13(19-14)11(15)10-5-3-2-4-6-10/h2-8,11H,15H2,1H3. The molecule has 19 heavy (non-hydrogen) atoms. The van der Waals surface area contributed by atoms with Crippen molar-refractivity contribution in [3.8, 4) is 11.7 Å². The molecule has 96 valence electrons. The summed E-state index contributed by atoms with van der Waals surface area (Å²) in [7, 11) is 0. The summed E-state index contributed by atoms with van der Waals surface area (Å²) in [5, 5.41) is 7.96. The first-order valence-electron chi connectivity index (χ1n) is 5.94. The molecule has 0 aliphatic heterocycles. The van der Waals surface area contributed by atoms with Crippen molar-refractivity contribution in [3.05, 3.63) is 59.7 Å². The molecule has 2 heterocycles. The van der Waals surface area contributed by atoms with Gasteiger partial charge in [-0.05, 0) is 18.6 Å². The SMILES string of the molecule is Cc1ccoc1-c1nnc(C(N)c2ccccc2)o1. The van der Waals surface area contributed by atoms with Crippen LogP contribution in [-0.4, -0.2) is 10.2 Å². The first-order chi connectivity index (χ1) is 9.25. The van der Waals surface area contributed by atoms with E-state index in [0.29, 0.717) is 17.5 Å². The normalized spacial score (nSPS) is 12.5. The number of hydrogen-bond donors (Lipinski definition) is 1. The summed E-state index contributed by atoms with van der Waals surface area (Å²) in [6, 6.07) is 11.0. The largest absolute Gasteiger partial charge is 0.459 e. The van der Waals surface area contributed by atoms with Crippen LogP contribution in [0.5, 0.6) is 0 Å². The molecule has 0 radical (unpaired) electrons. The Morgan fingerprint density at radius 1 is 1.11 bits per heavy atom. The third-order valence-corrected chi connectivity index (χ3v) is 2.92. The summed E-state index contributed by atoms with van der Waals surface area (Å²) in [6.07, 6.45) is 1.59. The van der Waals surface area contributed by atoms with Crippen molar-refractivity contribution in [2.45, 2.75) is 13.0 Å². The molecule has 0 aliphatic carbocycles. The van der Waals surface area contributed by atoms with E-state index in [9.17, 15) is 0 Å². The van der Waals surface area contributed by atoms with Crippen LogP contribution in [0.1, 0.15) is 23.1 Å². The Hall–Kier alpha value is -2.40. The van der Waals surface area contributed by atoms with E-state index >= 15 is 0 Å². The van der Waals surface area contributed by atoms with Gasteiger partial charge in [-0.3, -0.25) is 0 Å². The predicted octanol–water partition coefficient (Wildman–Crippen LogP) is 2.69. The molecule has 5 heteroatoms. The highest BCUT2D eigenvalue weighted by Gasteiger charge is 2.19. The molecule has 5 nitrogen and oxygen atoms in total. The number of aryl methyl sites for hydroxylation is 1. The van der Waals surface area contributed by atoms with Gasteiger partial charge in [0.25, 0.3) is 5.89 Å². The molecule has 0 aliphatic rings. The van der Waals surface area contributed by atoms with E-state index < -0.39 is 6.04 Å². The van der Waals surface area contributed by atoms with E-state index in [4.69, 9.17) is 14.6 Å². The van der Waals surface area contributed by atoms with Crippen LogP contribution in [0.3, 0.4) is 0 Å². The van der Waals surface area contributed by atoms with Crippen LogP contribution in [0.25, 0.3) is 11.7 Å². The minimum absolute atomic E-state index is 0.351. The molecular formula is C14H13N3O2. The Labute approximate surface area is 110 Å². The Balaban J connectivity index is 1.92. The predicted molar refractivity (Wildman–Crippen MR) is 69.2 cm³/mol. The molecule has 0 spiro atoms. The maximum atomic E-state index is 6.09. The molecule has 0 saturated carbocycles. The zero-order chi connectivity index (χ0) is 13.2. The van der Waals surface area contributed by atoms with Gasteiger partial charge >= 0.3 is 0 Å². The van der Waals surface area contributed by atoms with Crippen LogP contribution in [-0.2, 0) is 0 Å². The number of furan rings is 1. The lowest BCUT2D eigenvalue weighted by Gasteiger charge is -2.05. The summed E-state index contributed by atoms with van der Waals surface area (Å²) >= 11 is 0. The molecule has 1 atom stereocenters. The van der Waals surface area contributed by atoms with Crippen LogP contribution < -0.4 is 5.73 Å². The first kappa shape index (κ1) is 11.7. The molecule has 2 N–H and O–H groups in total. The Morgan fingerprint density at radius 2 is 1.89 bits per heavy atom. The van der Waals surface area contributed by atoms with E-state index in [1.54, 1.807) is 6.26 Å². The van der Waals surface area contributed by atoms with Crippen LogP contribution >= 0.6 is 0 Å². The van der Waals surface area contributed by atoms with Gasteiger partial charge in [-0.15, -0.1) is 10.2 Å². The first-order valence-corrected chi connectivity index (χ1v) is 5.94. The van der Waals surface area contributed by atoms with Gasteiger partial charge in [-0.1, -0.05) is 30.3 Å². The zero-order valence-electron chi connectivity index (χ0n) is 10.4. The number of nitrogens with two attached hydrogens (primary N) is 1. The van der Waals surface area contributed by atoms with Crippen LogP contribution in [0.2, 0.25) is 0 Å². The van der Waals surface area contributed by atoms with Crippen molar-refractivity contribution >= 4 is 0 Å². The smallest absolute Gasteiger partial charge is 0.283 e. The second kappa shape index (κ2) is 4.70. The van der Waals surface area contributed by atoms with Crippen molar-refractivity contribution in [2.75, 3.05) is 0 Å². The summed E-state index contributed by atoms with van der Waals surface area (Å²) < 4.78 is 10.9. The van der Waals surface area contributed by atoms with Crippen molar-refractivity contribution in [2.24, 2.45) is 5.73 Å². The summed E-state index contributed by atoms with van der Waals surface area (Å²) in [5.41, 5.74) is 7.97. The number of aromatic nitrogens is 2. The lowest BCUT2D eigenvalue weighted by Crippen LogP contribution is -2.11. The summed E-state index contributed by atoms with van der Waals surface area (Å²) in [5.74, 6) is 1.31. The third kappa shape index (κ3) is 2.15. The van der Waals surface area contributed by atoms with Gasteiger partial charge in [0.2, 0.25) is 5.89 Å². The Bertz CT molecular complexity index is 673. The fourth-order valence-electron chi connectivity index (χ4n) is 1.85. The van der Waals surface area contributed by atoms with E-state index in [0.717, 1.165) is 11.1 Å². The van der Waals surface area contributed by atoms with E-state index in [-0.39, 0.29) is 0 Å². The quantitative estimate of drug-likeness (QED) is 0.778. The monoisotopic (exact) mass is 255 g/mol. The van der Waals surface area contributed by atoms with Crippen molar-refractivity contribution in [1.82, 2.24) is 10.2 Å². The minimum atomic E-state index is -0.433. The number of nitrogens with zero attached hydrogens (tertiary/aromatic N) is 2. The number of hydrogen-bond acceptors (Lipinski definition) is 5. The molecule has 0 fully saturated rings. The average Bonchev–Trinajstić information content (AvgIpc) is 3.07.